The van der Waals surface area contributed by atoms with E-state index < -0.39 is 0 Å². The molecule has 1 heterocycles. The van der Waals surface area contributed by atoms with Gasteiger partial charge in [0.25, 0.3) is 0 Å². The lowest BCUT2D eigenvalue weighted by Gasteiger charge is -2.25. The summed E-state index contributed by atoms with van der Waals surface area (Å²) in [6.45, 7) is 5.51. The van der Waals surface area contributed by atoms with Crippen molar-refractivity contribution in [2.75, 3.05) is 38.6 Å². The third-order valence-electron chi connectivity index (χ3n) is 3.85. The predicted molar refractivity (Wildman–Crippen MR) is 85.9 cm³/mol. The van der Waals surface area contributed by atoms with Crippen LogP contribution in [0.5, 0.6) is 0 Å². The van der Waals surface area contributed by atoms with Gasteiger partial charge in [0, 0.05) is 31.4 Å². The fourth-order valence-electron chi connectivity index (χ4n) is 2.84. The Labute approximate surface area is 121 Å². The number of nitrogens with two attached hydrogens (primary N) is 1. The van der Waals surface area contributed by atoms with Crippen LogP contribution in [-0.2, 0) is 0 Å². The zero-order valence-corrected chi connectivity index (χ0v) is 12.8. The summed E-state index contributed by atoms with van der Waals surface area (Å²) in [5, 5.41) is 0. The SMILES string of the molecule is Cc1ccc(N(C)CC2CCN(C)C2)c(C(N)=S)c1. The molecule has 104 valence electrons. The zero-order valence-electron chi connectivity index (χ0n) is 12.0. The van der Waals surface area contributed by atoms with Crippen LogP contribution in [0.2, 0.25) is 0 Å². The first-order valence-corrected chi connectivity index (χ1v) is 7.18. The molecule has 1 aromatic rings. The summed E-state index contributed by atoms with van der Waals surface area (Å²) < 4.78 is 0. The lowest BCUT2D eigenvalue weighted by molar-refractivity contribution is 0.396. The molecule has 1 saturated heterocycles. The number of rotatable bonds is 4. The number of benzene rings is 1. The van der Waals surface area contributed by atoms with Gasteiger partial charge < -0.3 is 15.5 Å². The van der Waals surface area contributed by atoms with Crippen molar-refractivity contribution in [2.45, 2.75) is 13.3 Å². The van der Waals surface area contributed by atoms with Gasteiger partial charge in [-0.05, 0) is 45.0 Å². The third kappa shape index (κ3) is 3.45. The Balaban J connectivity index is 2.14. The molecule has 2 N–H and O–H groups in total. The van der Waals surface area contributed by atoms with Crippen molar-refractivity contribution in [3.8, 4) is 0 Å². The van der Waals surface area contributed by atoms with E-state index in [-0.39, 0.29) is 0 Å². The molecule has 1 fully saturated rings. The third-order valence-corrected chi connectivity index (χ3v) is 4.07. The van der Waals surface area contributed by atoms with Crippen LogP contribution >= 0.6 is 12.2 Å². The molecule has 0 amide bonds. The summed E-state index contributed by atoms with van der Waals surface area (Å²) in [7, 11) is 4.32. The predicted octanol–water partition coefficient (Wildman–Crippen LogP) is 2.02. The largest absolute Gasteiger partial charge is 0.389 e. The molecule has 0 aromatic heterocycles. The zero-order chi connectivity index (χ0) is 14.0. The van der Waals surface area contributed by atoms with Gasteiger partial charge in [0.1, 0.15) is 4.99 Å². The monoisotopic (exact) mass is 277 g/mol. The van der Waals surface area contributed by atoms with Crippen molar-refractivity contribution < 1.29 is 0 Å². The van der Waals surface area contributed by atoms with Crippen molar-refractivity contribution in [1.29, 1.82) is 0 Å². The fourth-order valence-corrected chi connectivity index (χ4v) is 3.00. The Morgan fingerprint density at radius 1 is 1.53 bits per heavy atom. The molecular weight excluding hydrogens is 254 g/mol. The first-order chi connectivity index (χ1) is 8.97. The number of thiocarbonyl (C=S) groups is 1. The van der Waals surface area contributed by atoms with E-state index in [1.807, 2.05) is 0 Å². The second kappa shape index (κ2) is 5.88. The molecule has 19 heavy (non-hydrogen) atoms. The number of hydrogen-bond donors (Lipinski definition) is 1. The van der Waals surface area contributed by atoms with Crippen LogP contribution < -0.4 is 10.6 Å². The highest BCUT2D eigenvalue weighted by atomic mass is 32.1. The lowest BCUT2D eigenvalue weighted by Crippen LogP contribution is -2.29. The average Bonchev–Trinajstić information content (AvgIpc) is 2.74. The van der Waals surface area contributed by atoms with Gasteiger partial charge in [0.05, 0.1) is 0 Å². The van der Waals surface area contributed by atoms with Crippen LogP contribution in [0, 0.1) is 12.8 Å². The van der Waals surface area contributed by atoms with E-state index in [0.29, 0.717) is 4.99 Å². The van der Waals surface area contributed by atoms with Crippen LogP contribution in [0.25, 0.3) is 0 Å². The Morgan fingerprint density at radius 2 is 2.26 bits per heavy atom. The summed E-state index contributed by atoms with van der Waals surface area (Å²) >= 11 is 5.17. The number of nitrogens with zero attached hydrogens (tertiary/aromatic N) is 2. The maximum atomic E-state index is 5.85. The minimum Gasteiger partial charge on any atom is -0.389 e. The van der Waals surface area contributed by atoms with E-state index >= 15 is 0 Å². The second-order valence-electron chi connectivity index (χ2n) is 5.68. The van der Waals surface area contributed by atoms with Gasteiger partial charge in [-0.15, -0.1) is 0 Å². The van der Waals surface area contributed by atoms with Crippen LogP contribution in [0.1, 0.15) is 17.5 Å². The smallest absolute Gasteiger partial charge is 0.106 e. The molecule has 0 bridgehead atoms. The van der Waals surface area contributed by atoms with E-state index in [1.54, 1.807) is 0 Å². The first-order valence-electron chi connectivity index (χ1n) is 6.77. The maximum absolute atomic E-state index is 5.85. The molecule has 4 heteroatoms. The molecule has 0 aliphatic carbocycles. The minimum atomic E-state index is 0.481. The van der Waals surface area contributed by atoms with Crippen molar-refractivity contribution in [1.82, 2.24) is 4.90 Å². The van der Waals surface area contributed by atoms with E-state index in [4.69, 9.17) is 18.0 Å². The van der Waals surface area contributed by atoms with Gasteiger partial charge in [-0.3, -0.25) is 0 Å². The maximum Gasteiger partial charge on any atom is 0.106 e. The lowest BCUT2D eigenvalue weighted by atomic mass is 10.1. The Hall–Kier alpha value is -1.13. The highest BCUT2D eigenvalue weighted by Crippen LogP contribution is 2.24. The molecule has 0 saturated carbocycles. The van der Waals surface area contributed by atoms with E-state index in [9.17, 15) is 0 Å². The quantitative estimate of drug-likeness (QED) is 0.854. The van der Waals surface area contributed by atoms with Crippen molar-refractivity contribution in [3.05, 3.63) is 29.3 Å². The number of anilines is 1. The molecule has 0 radical (unpaired) electrons. The highest BCUT2D eigenvalue weighted by Gasteiger charge is 2.21. The van der Waals surface area contributed by atoms with Gasteiger partial charge in [0.2, 0.25) is 0 Å². The molecule has 1 aromatic carbocycles. The number of hydrogen-bond acceptors (Lipinski definition) is 3. The Kier molecular flexibility index (Phi) is 4.42. The molecule has 3 nitrogen and oxygen atoms in total. The Bertz CT molecular complexity index is 472. The van der Waals surface area contributed by atoms with Crippen molar-refractivity contribution in [2.24, 2.45) is 11.7 Å². The van der Waals surface area contributed by atoms with Gasteiger partial charge in [0.15, 0.2) is 0 Å². The number of aryl methyl sites for hydroxylation is 1. The summed E-state index contributed by atoms with van der Waals surface area (Å²) in [5.41, 5.74) is 9.18. The van der Waals surface area contributed by atoms with E-state index in [0.717, 1.165) is 23.7 Å². The summed E-state index contributed by atoms with van der Waals surface area (Å²) in [4.78, 5) is 5.16. The molecule has 1 aliphatic heterocycles. The molecule has 1 unspecified atom stereocenters. The summed E-state index contributed by atoms with van der Waals surface area (Å²) in [6, 6.07) is 6.33. The standard InChI is InChI=1S/C15H23N3S/c1-11-4-5-14(13(8-11)15(16)19)18(3)10-12-6-7-17(2)9-12/h4-5,8,12H,6-7,9-10H2,1-3H3,(H2,16,19). The second-order valence-corrected chi connectivity index (χ2v) is 6.12. The van der Waals surface area contributed by atoms with Gasteiger partial charge >= 0.3 is 0 Å². The van der Waals surface area contributed by atoms with Gasteiger partial charge in [-0.25, -0.2) is 0 Å². The molecule has 1 aliphatic rings. The average molecular weight is 277 g/mol. The topological polar surface area (TPSA) is 32.5 Å². The van der Waals surface area contributed by atoms with Crippen LogP contribution in [0.15, 0.2) is 18.2 Å². The van der Waals surface area contributed by atoms with Gasteiger partial charge in [-0.2, -0.15) is 0 Å². The minimum absolute atomic E-state index is 0.481. The highest BCUT2D eigenvalue weighted by molar-refractivity contribution is 7.80. The summed E-state index contributed by atoms with van der Waals surface area (Å²) in [5.74, 6) is 0.732. The number of likely N-dealkylation sites (tertiary alicyclic amines) is 1. The van der Waals surface area contributed by atoms with Crippen LogP contribution in [0.4, 0.5) is 5.69 Å². The Morgan fingerprint density at radius 3 is 2.84 bits per heavy atom. The van der Waals surface area contributed by atoms with Crippen molar-refractivity contribution >= 4 is 22.9 Å². The summed E-state index contributed by atoms with van der Waals surface area (Å²) in [6.07, 6.45) is 1.27. The van der Waals surface area contributed by atoms with E-state index in [1.165, 1.54) is 25.1 Å². The molecular formula is C15H23N3S. The van der Waals surface area contributed by atoms with Crippen LogP contribution in [0.3, 0.4) is 0 Å². The van der Waals surface area contributed by atoms with Gasteiger partial charge in [-0.1, -0.05) is 23.8 Å². The molecule has 0 spiro atoms. The molecule has 2 rings (SSSR count). The van der Waals surface area contributed by atoms with Crippen LogP contribution in [-0.4, -0.2) is 43.6 Å². The van der Waals surface area contributed by atoms with Crippen molar-refractivity contribution in [3.63, 3.8) is 0 Å². The first kappa shape index (κ1) is 14.3. The van der Waals surface area contributed by atoms with E-state index in [2.05, 4.69) is 49.0 Å². The fraction of sp³-hybridized carbons (Fsp3) is 0.533. The molecule has 1 atom stereocenters. The normalized spacial score (nSPS) is 19.6.